The predicted octanol–water partition coefficient (Wildman–Crippen LogP) is 2.97. The summed E-state index contributed by atoms with van der Waals surface area (Å²) in [4.78, 5) is 12.4. The van der Waals surface area contributed by atoms with Gasteiger partial charge in [-0.3, -0.25) is 4.79 Å². The summed E-state index contributed by atoms with van der Waals surface area (Å²) < 4.78 is 43.5. The molecule has 1 amide bonds. The Labute approximate surface area is 181 Å². The molecule has 0 saturated heterocycles. The van der Waals surface area contributed by atoms with Crippen LogP contribution >= 0.6 is 0 Å². The second-order valence-corrected chi connectivity index (χ2v) is 8.21. The van der Waals surface area contributed by atoms with Crippen LogP contribution in [0.3, 0.4) is 0 Å². The largest absolute Gasteiger partial charge is 0.494 e. The van der Waals surface area contributed by atoms with Crippen LogP contribution in [0.2, 0.25) is 0 Å². The Kier molecular flexibility index (Phi) is 7.69. The van der Waals surface area contributed by atoms with Crippen molar-refractivity contribution in [2.45, 2.75) is 18.4 Å². The highest BCUT2D eigenvalue weighted by molar-refractivity contribution is 7.89. The van der Waals surface area contributed by atoms with Gasteiger partial charge < -0.3 is 19.2 Å². The molecule has 8 nitrogen and oxygen atoms in total. The minimum Gasteiger partial charge on any atom is -0.494 e. The molecule has 0 saturated carbocycles. The van der Waals surface area contributed by atoms with Crippen molar-refractivity contribution in [3.05, 3.63) is 78.3 Å². The summed E-state index contributed by atoms with van der Waals surface area (Å²) in [5, 5.41) is 2.72. The summed E-state index contributed by atoms with van der Waals surface area (Å²) in [5.41, 5.74) is 0.238. The third-order valence-electron chi connectivity index (χ3n) is 4.21. The molecular weight excluding hydrogens is 420 g/mol. The van der Waals surface area contributed by atoms with Gasteiger partial charge in [-0.2, -0.15) is 0 Å². The first-order chi connectivity index (χ1) is 15.0. The first kappa shape index (κ1) is 22.4. The normalized spacial score (nSPS) is 11.1. The summed E-state index contributed by atoms with van der Waals surface area (Å²) >= 11 is 0. The minimum absolute atomic E-state index is 0.00246. The number of rotatable bonds is 11. The predicted molar refractivity (Wildman–Crippen MR) is 115 cm³/mol. The van der Waals surface area contributed by atoms with Crippen LogP contribution in [-0.2, 0) is 16.6 Å². The van der Waals surface area contributed by atoms with Crippen molar-refractivity contribution in [1.29, 1.82) is 0 Å². The molecule has 31 heavy (non-hydrogen) atoms. The lowest BCUT2D eigenvalue weighted by Gasteiger charge is -2.10. The molecule has 0 spiro atoms. The Morgan fingerprint density at radius 3 is 2.42 bits per heavy atom. The van der Waals surface area contributed by atoms with E-state index in [-0.39, 0.29) is 30.2 Å². The summed E-state index contributed by atoms with van der Waals surface area (Å²) in [6.45, 7) is 3.06. The molecule has 0 fully saturated rings. The average molecular weight is 445 g/mol. The molecule has 3 aromatic rings. The number of benzene rings is 2. The van der Waals surface area contributed by atoms with E-state index in [9.17, 15) is 13.2 Å². The van der Waals surface area contributed by atoms with E-state index in [4.69, 9.17) is 13.9 Å². The topological polar surface area (TPSA) is 107 Å². The number of ether oxygens (including phenoxy) is 2. The lowest BCUT2D eigenvalue weighted by molar-refractivity contribution is 0.0946. The van der Waals surface area contributed by atoms with E-state index in [1.54, 1.807) is 30.3 Å². The smallest absolute Gasteiger partial charge is 0.251 e. The van der Waals surface area contributed by atoms with Gasteiger partial charge in [-0.25, -0.2) is 13.1 Å². The molecule has 0 aliphatic heterocycles. The van der Waals surface area contributed by atoms with Crippen molar-refractivity contribution < 1.29 is 27.1 Å². The first-order valence-corrected chi connectivity index (χ1v) is 11.2. The van der Waals surface area contributed by atoms with Crippen molar-refractivity contribution >= 4 is 15.9 Å². The maximum Gasteiger partial charge on any atom is 0.251 e. The Morgan fingerprint density at radius 1 is 1.00 bits per heavy atom. The van der Waals surface area contributed by atoms with E-state index in [0.29, 0.717) is 18.1 Å². The van der Waals surface area contributed by atoms with Gasteiger partial charge >= 0.3 is 0 Å². The summed E-state index contributed by atoms with van der Waals surface area (Å²) in [5.74, 6) is 1.52. The zero-order valence-corrected chi connectivity index (χ0v) is 17.9. The van der Waals surface area contributed by atoms with E-state index in [0.717, 1.165) is 5.75 Å². The fourth-order valence-corrected chi connectivity index (χ4v) is 3.74. The Bertz CT molecular complexity index is 1080. The molecule has 2 N–H and O–H groups in total. The molecule has 0 atom stereocenters. The molecule has 0 unspecified atom stereocenters. The van der Waals surface area contributed by atoms with Crippen molar-refractivity contribution in [2.75, 3.05) is 19.8 Å². The van der Waals surface area contributed by atoms with Crippen LogP contribution in [0.15, 0.2) is 76.2 Å². The second kappa shape index (κ2) is 10.6. The monoisotopic (exact) mass is 444 g/mol. The lowest BCUT2D eigenvalue weighted by atomic mass is 10.2. The summed E-state index contributed by atoms with van der Waals surface area (Å²) in [7, 11) is -3.79. The summed E-state index contributed by atoms with van der Waals surface area (Å²) in [6, 6.07) is 16.4. The molecule has 0 aliphatic rings. The molecule has 3 rings (SSSR count). The highest BCUT2D eigenvalue weighted by atomic mass is 32.2. The standard InChI is InChI=1S/C22H24N2O6S/c1-2-28-18-8-10-19(11-9-18)30-14-12-23-22(25)17-5-3-7-21(15-17)31(26,27)24-16-20-6-4-13-29-20/h3-11,13,15,24H,2,12,14,16H2,1H3,(H,23,25). The zero-order valence-electron chi connectivity index (χ0n) is 17.0. The van der Waals surface area contributed by atoms with Gasteiger partial charge in [0, 0.05) is 5.56 Å². The van der Waals surface area contributed by atoms with Crippen molar-refractivity contribution in [1.82, 2.24) is 10.0 Å². The first-order valence-electron chi connectivity index (χ1n) is 9.74. The highest BCUT2D eigenvalue weighted by Gasteiger charge is 2.16. The molecule has 0 aliphatic carbocycles. The second-order valence-electron chi connectivity index (χ2n) is 6.44. The van der Waals surface area contributed by atoms with Crippen LogP contribution in [0.1, 0.15) is 23.0 Å². The van der Waals surface area contributed by atoms with E-state index in [1.807, 2.05) is 19.1 Å². The quantitative estimate of drug-likeness (QED) is 0.441. The van der Waals surface area contributed by atoms with Crippen LogP contribution in [0.25, 0.3) is 0 Å². The molecule has 1 heterocycles. The average Bonchev–Trinajstić information content (AvgIpc) is 3.30. The fourth-order valence-electron chi connectivity index (χ4n) is 2.70. The van der Waals surface area contributed by atoms with Crippen molar-refractivity contribution in [3.8, 4) is 11.5 Å². The lowest BCUT2D eigenvalue weighted by Crippen LogP contribution is -2.28. The van der Waals surface area contributed by atoms with Gasteiger partial charge in [-0.15, -0.1) is 0 Å². The number of hydrogen-bond acceptors (Lipinski definition) is 6. The van der Waals surface area contributed by atoms with Crippen LogP contribution < -0.4 is 19.5 Å². The van der Waals surface area contributed by atoms with Crippen LogP contribution in [0.4, 0.5) is 0 Å². The van der Waals surface area contributed by atoms with E-state index in [1.165, 1.54) is 24.5 Å². The SMILES string of the molecule is CCOc1ccc(OCCNC(=O)c2cccc(S(=O)(=O)NCc3ccco3)c2)cc1. The van der Waals surface area contributed by atoms with E-state index >= 15 is 0 Å². The number of furan rings is 1. The molecule has 164 valence electrons. The number of carbonyl (C=O) groups excluding carboxylic acids is 1. The van der Waals surface area contributed by atoms with Crippen molar-refractivity contribution in [3.63, 3.8) is 0 Å². The Balaban J connectivity index is 1.50. The highest BCUT2D eigenvalue weighted by Crippen LogP contribution is 2.17. The van der Waals surface area contributed by atoms with Gasteiger partial charge in [0.2, 0.25) is 10.0 Å². The number of amides is 1. The number of carbonyl (C=O) groups is 1. The fraction of sp³-hybridized carbons (Fsp3) is 0.227. The van der Waals surface area contributed by atoms with Crippen LogP contribution in [-0.4, -0.2) is 34.1 Å². The minimum atomic E-state index is -3.79. The molecule has 9 heteroatoms. The van der Waals surface area contributed by atoms with Crippen molar-refractivity contribution in [2.24, 2.45) is 0 Å². The molecule has 0 radical (unpaired) electrons. The number of sulfonamides is 1. The van der Waals surface area contributed by atoms with Gasteiger partial charge in [-0.1, -0.05) is 6.07 Å². The van der Waals surface area contributed by atoms with E-state index < -0.39 is 15.9 Å². The molecule has 0 bridgehead atoms. The third kappa shape index (κ3) is 6.59. The van der Waals surface area contributed by atoms with Gasteiger partial charge in [-0.05, 0) is 61.5 Å². The maximum atomic E-state index is 12.5. The Morgan fingerprint density at radius 2 is 1.74 bits per heavy atom. The van der Waals surface area contributed by atoms with Crippen LogP contribution in [0.5, 0.6) is 11.5 Å². The van der Waals surface area contributed by atoms with Crippen LogP contribution in [0, 0.1) is 0 Å². The maximum absolute atomic E-state index is 12.5. The van der Waals surface area contributed by atoms with Gasteiger partial charge in [0.25, 0.3) is 5.91 Å². The third-order valence-corrected chi connectivity index (χ3v) is 5.61. The van der Waals surface area contributed by atoms with Gasteiger partial charge in [0.1, 0.15) is 23.9 Å². The number of hydrogen-bond donors (Lipinski definition) is 2. The van der Waals surface area contributed by atoms with Gasteiger partial charge in [0.15, 0.2) is 0 Å². The molecular formula is C22H24N2O6S. The van der Waals surface area contributed by atoms with Gasteiger partial charge in [0.05, 0.1) is 30.9 Å². The zero-order chi connectivity index (χ0) is 22.1. The molecule has 2 aromatic carbocycles. The Hall–Kier alpha value is -3.30. The van der Waals surface area contributed by atoms with E-state index in [2.05, 4.69) is 10.0 Å². The number of nitrogens with one attached hydrogen (secondary N) is 2. The summed E-state index contributed by atoms with van der Waals surface area (Å²) in [6.07, 6.45) is 1.47. The molecule has 1 aromatic heterocycles.